The molecule has 1 aromatic rings. The average molecular weight is 253 g/mol. The van der Waals surface area contributed by atoms with Gasteiger partial charge in [0.05, 0.1) is 14.2 Å². The van der Waals surface area contributed by atoms with E-state index < -0.39 is 11.8 Å². The van der Waals surface area contributed by atoms with Gasteiger partial charge in [0.2, 0.25) is 0 Å². The number of hydrogen-bond donors (Lipinski definition) is 1. The molecule has 0 unspecified atom stereocenters. The molecule has 2 rings (SSSR count). The molecule has 0 spiro atoms. The summed E-state index contributed by atoms with van der Waals surface area (Å²) in [6, 6.07) is 3.01. The maximum Gasteiger partial charge on any atom is 0.341 e. The van der Waals surface area contributed by atoms with Crippen LogP contribution in [0.25, 0.3) is 0 Å². The van der Waals surface area contributed by atoms with Crippen LogP contribution in [0.4, 0.5) is 4.39 Å². The van der Waals surface area contributed by atoms with Crippen LogP contribution in [0, 0.1) is 5.82 Å². The highest BCUT2D eigenvalue weighted by Gasteiger charge is 2.44. The van der Waals surface area contributed by atoms with Crippen molar-refractivity contribution in [2.45, 2.75) is 18.3 Å². The van der Waals surface area contributed by atoms with E-state index in [1.807, 2.05) is 0 Å². The highest BCUT2D eigenvalue weighted by Crippen LogP contribution is 2.48. The Morgan fingerprint density at radius 1 is 1.44 bits per heavy atom. The lowest BCUT2D eigenvalue weighted by Crippen LogP contribution is -2.21. The van der Waals surface area contributed by atoms with Gasteiger partial charge in [-0.05, 0) is 30.5 Å². The lowest BCUT2D eigenvalue weighted by atomic mass is 9.94. The topological polar surface area (TPSA) is 61.5 Å². The number of rotatable bonds is 4. The van der Waals surface area contributed by atoms with Crippen LogP contribution in [0.5, 0.6) is 5.75 Å². The van der Waals surface area contributed by atoms with Crippen LogP contribution in [0.1, 0.15) is 28.8 Å². The van der Waals surface area contributed by atoms with Gasteiger partial charge in [-0.1, -0.05) is 0 Å². The summed E-state index contributed by atoms with van der Waals surface area (Å²) in [5, 5.41) is 0. The molecular weight excluding hydrogens is 237 g/mol. The third-order valence-corrected chi connectivity index (χ3v) is 3.51. The first kappa shape index (κ1) is 12.8. The fraction of sp³-hybridized carbons (Fsp3) is 0.462. The van der Waals surface area contributed by atoms with E-state index in [4.69, 9.17) is 10.5 Å². The van der Waals surface area contributed by atoms with Crippen LogP contribution in [-0.4, -0.2) is 26.7 Å². The van der Waals surface area contributed by atoms with Crippen molar-refractivity contribution in [2.24, 2.45) is 5.73 Å². The van der Waals surface area contributed by atoms with E-state index in [2.05, 4.69) is 4.74 Å². The van der Waals surface area contributed by atoms with Gasteiger partial charge in [0, 0.05) is 12.0 Å². The fourth-order valence-electron chi connectivity index (χ4n) is 2.13. The Morgan fingerprint density at radius 2 is 2.11 bits per heavy atom. The zero-order chi connectivity index (χ0) is 13.3. The minimum atomic E-state index is -0.611. The Bertz CT molecular complexity index is 483. The first-order chi connectivity index (χ1) is 8.57. The molecule has 0 atom stereocenters. The van der Waals surface area contributed by atoms with E-state index in [1.165, 1.54) is 20.3 Å². The van der Waals surface area contributed by atoms with Gasteiger partial charge in [-0.15, -0.1) is 0 Å². The molecule has 0 amide bonds. The lowest BCUT2D eigenvalue weighted by Gasteiger charge is -2.16. The zero-order valence-electron chi connectivity index (χ0n) is 10.5. The normalized spacial score (nSPS) is 16.2. The number of nitrogens with two attached hydrogens (primary N) is 1. The van der Waals surface area contributed by atoms with Crippen molar-refractivity contribution in [2.75, 3.05) is 20.8 Å². The minimum absolute atomic E-state index is 0.0848. The summed E-state index contributed by atoms with van der Waals surface area (Å²) in [5.74, 6) is -1.26. The van der Waals surface area contributed by atoms with Gasteiger partial charge < -0.3 is 15.2 Å². The summed E-state index contributed by atoms with van der Waals surface area (Å²) in [7, 11) is 2.57. The molecule has 1 aromatic carbocycles. The second-order valence-corrected chi connectivity index (χ2v) is 4.51. The number of esters is 1. The molecule has 0 aliphatic heterocycles. The monoisotopic (exact) mass is 253 g/mol. The molecule has 2 N–H and O–H groups in total. The third kappa shape index (κ3) is 1.95. The maximum atomic E-state index is 13.9. The molecule has 0 radical (unpaired) electrons. The molecule has 1 aliphatic carbocycles. The van der Waals surface area contributed by atoms with Crippen LogP contribution >= 0.6 is 0 Å². The van der Waals surface area contributed by atoms with Gasteiger partial charge >= 0.3 is 5.97 Å². The van der Waals surface area contributed by atoms with Crippen LogP contribution < -0.4 is 10.5 Å². The number of hydrogen-bond acceptors (Lipinski definition) is 4. The molecule has 4 nitrogen and oxygen atoms in total. The SMILES string of the molecule is COC(=O)c1cc(C2(CN)CC2)cc(F)c1OC. The van der Waals surface area contributed by atoms with Crippen molar-refractivity contribution in [1.82, 2.24) is 0 Å². The molecule has 1 fully saturated rings. The molecule has 98 valence electrons. The molecule has 0 heterocycles. The quantitative estimate of drug-likeness (QED) is 0.828. The highest BCUT2D eigenvalue weighted by molar-refractivity contribution is 5.93. The van der Waals surface area contributed by atoms with E-state index in [1.54, 1.807) is 6.07 Å². The van der Waals surface area contributed by atoms with Gasteiger partial charge in [-0.2, -0.15) is 0 Å². The highest BCUT2D eigenvalue weighted by atomic mass is 19.1. The predicted octanol–water partition coefficient (Wildman–Crippen LogP) is 1.61. The second-order valence-electron chi connectivity index (χ2n) is 4.51. The average Bonchev–Trinajstić information content (AvgIpc) is 3.17. The lowest BCUT2D eigenvalue weighted by molar-refractivity contribution is 0.0596. The fourth-order valence-corrected chi connectivity index (χ4v) is 2.13. The van der Waals surface area contributed by atoms with Crippen LogP contribution in [0.2, 0.25) is 0 Å². The molecule has 0 saturated heterocycles. The van der Waals surface area contributed by atoms with Gasteiger partial charge in [0.25, 0.3) is 0 Å². The number of carbonyl (C=O) groups excluding carboxylic acids is 1. The Labute approximate surface area is 105 Å². The number of benzene rings is 1. The Hall–Kier alpha value is -1.62. The van der Waals surface area contributed by atoms with E-state index in [0.29, 0.717) is 6.54 Å². The Kier molecular flexibility index (Phi) is 3.26. The predicted molar refractivity (Wildman–Crippen MR) is 64.3 cm³/mol. The summed E-state index contributed by atoms with van der Waals surface area (Å²) in [6.07, 6.45) is 1.83. The first-order valence-electron chi connectivity index (χ1n) is 5.74. The largest absolute Gasteiger partial charge is 0.493 e. The van der Waals surface area contributed by atoms with E-state index in [0.717, 1.165) is 18.4 Å². The standard InChI is InChI=1S/C13H16FNO3/c1-17-11-9(12(16)18-2)5-8(6-10(11)14)13(7-15)3-4-13/h5-6H,3-4,7,15H2,1-2H3. The van der Waals surface area contributed by atoms with Crippen molar-refractivity contribution in [1.29, 1.82) is 0 Å². The summed E-state index contributed by atoms with van der Waals surface area (Å²) >= 11 is 0. The third-order valence-electron chi connectivity index (χ3n) is 3.51. The first-order valence-corrected chi connectivity index (χ1v) is 5.74. The molecule has 0 aromatic heterocycles. The number of halogens is 1. The summed E-state index contributed by atoms with van der Waals surface area (Å²) in [6.45, 7) is 0.444. The maximum absolute atomic E-state index is 13.9. The molecular formula is C13H16FNO3. The van der Waals surface area contributed by atoms with E-state index >= 15 is 0 Å². The zero-order valence-corrected chi connectivity index (χ0v) is 10.5. The number of methoxy groups -OCH3 is 2. The van der Waals surface area contributed by atoms with E-state index in [-0.39, 0.29) is 16.7 Å². The van der Waals surface area contributed by atoms with Crippen molar-refractivity contribution in [3.05, 3.63) is 29.1 Å². The molecule has 18 heavy (non-hydrogen) atoms. The van der Waals surface area contributed by atoms with Gasteiger partial charge in [0.15, 0.2) is 11.6 Å². The number of ether oxygens (including phenoxy) is 2. The van der Waals surface area contributed by atoms with Crippen LogP contribution in [0.3, 0.4) is 0 Å². The summed E-state index contributed by atoms with van der Waals surface area (Å²) in [5.41, 5.74) is 6.37. The summed E-state index contributed by atoms with van der Waals surface area (Å²) in [4.78, 5) is 11.6. The Balaban J connectivity index is 2.53. The second kappa shape index (κ2) is 4.57. The van der Waals surface area contributed by atoms with Crippen LogP contribution in [-0.2, 0) is 10.2 Å². The van der Waals surface area contributed by atoms with Crippen molar-refractivity contribution >= 4 is 5.97 Å². The Morgan fingerprint density at radius 3 is 2.56 bits per heavy atom. The molecule has 0 bridgehead atoms. The van der Waals surface area contributed by atoms with Gasteiger partial charge in [-0.3, -0.25) is 0 Å². The van der Waals surface area contributed by atoms with Crippen molar-refractivity contribution in [3.8, 4) is 5.75 Å². The molecule has 5 heteroatoms. The van der Waals surface area contributed by atoms with Gasteiger partial charge in [0.1, 0.15) is 5.56 Å². The smallest absolute Gasteiger partial charge is 0.341 e. The minimum Gasteiger partial charge on any atom is -0.493 e. The van der Waals surface area contributed by atoms with Crippen molar-refractivity contribution in [3.63, 3.8) is 0 Å². The number of carbonyl (C=O) groups is 1. The van der Waals surface area contributed by atoms with Crippen LogP contribution in [0.15, 0.2) is 12.1 Å². The molecule has 1 saturated carbocycles. The molecule has 1 aliphatic rings. The summed E-state index contributed by atoms with van der Waals surface area (Å²) < 4.78 is 23.5. The van der Waals surface area contributed by atoms with E-state index in [9.17, 15) is 9.18 Å². The van der Waals surface area contributed by atoms with Crippen molar-refractivity contribution < 1.29 is 18.7 Å². The van der Waals surface area contributed by atoms with Gasteiger partial charge in [-0.25, -0.2) is 9.18 Å².